The summed E-state index contributed by atoms with van der Waals surface area (Å²) >= 11 is 0. The zero-order valence-electron chi connectivity index (χ0n) is 17.8. The lowest BCUT2D eigenvalue weighted by molar-refractivity contribution is -0.123. The molecule has 1 aromatic heterocycles. The Kier molecular flexibility index (Phi) is 6.92. The van der Waals surface area contributed by atoms with Gasteiger partial charge in [-0.15, -0.1) is 0 Å². The van der Waals surface area contributed by atoms with E-state index < -0.39 is 45.2 Å². The van der Waals surface area contributed by atoms with Gasteiger partial charge >= 0.3 is 5.97 Å². The molecule has 0 atom stereocenters. The van der Waals surface area contributed by atoms with Crippen LogP contribution in [0.3, 0.4) is 0 Å². The van der Waals surface area contributed by atoms with Crippen LogP contribution >= 0.6 is 0 Å². The summed E-state index contributed by atoms with van der Waals surface area (Å²) in [7, 11) is -4.13. The third-order valence-electron chi connectivity index (χ3n) is 4.96. The highest BCUT2D eigenvalue weighted by Crippen LogP contribution is 2.28. The Balaban J connectivity index is 1.65. The number of nitriles is 1. The number of ether oxygens (including phenoxy) is 1. The Morgan fingerprint density at radius 2 is 1.97 bits per heavy atom. The maximum absolute atomic E-state index is 13.3. The number of aromatic nitrogens is 1. The summed E-state index contributed by atoms with van der Waals surface area (Å²) < 4.78 is 57.7. The van der Waals surface area contributed by atoms with Gasteiger partial charge in [-0.2, -0.15) is 5.26 Å². The molecular formula is C21H20F2N4O5S. The lowest BCUT2D eigenvalue weighted by Gasteiger charge is -2.39. The molecule has 1 aromatic carbocycles. The van der Waals surface area contributed by atoms with Gasteiger partial charge in [-0.25, -0.2) is 27.0 Å². The van der Waals surface area contributed by atoms with Gasteiger partial charge in [-0.3, -0.25) is 9.52 Å². The summed E-state index contributed by atoms with van der Waals surface area (Å²) in [4.78, 5) is 30.3. The Labute approximate surface area is 189 Å². The van der Waals surface area contributed by atoms with Crippen molar-refractivity contribution < 1.29 is 31.5 Å². The van der Waals surface area contributed by atoms with E-state index in [0.29, 0.717) is 5.69 Å². The zero-order chi connectivity index (χ0) is 24.3. The molecule has 0 saturated carbocycles. The molecule has 33 heavy (non-hydrogen) atoms. The maximum atomic E-state index is 13.3. The first-order chi connectivity index (χ1) is 15.5. The van der Waals surface area contributed by atoms with E-state index in [4.69, 9.17) is 4.74 Å². The molecule has 0 spiro atoms. The summed E-state index contributed by atoms with van der Waals surface area (Å²) in [6, 6.07) is 6.01. The molecule has 12 heteroatoms. The highest BCUT2D eigenvalue weighted by molar-refractivity contribution is 7.89. The molecule has 1 aliphatic rings. The molecule has 1 saturated heterocycles. The van der Waals surface area contributed by atoms with Crippen LogP contribution in [0, 0.1) is 35.8 Å². The van der Waals surface area contributed by atoms with Crippen LogP contribution in [0.25, 0.3) is 0 Å². The molecule has 0 radical (unpaired) electrons. The zero-order valence-corrected chi connectivity index (χ0v) is 18.6. The molecule has 0 bridgehead atoms. The van der Waals surface area contributed by atoms with E-state index in [1.165, 1.54) is 6.07 Å². The van der Waals surface area contributed by atoms with Crippen LogP contribution in [0.4, 0.5) is 14.6 Å². The van der Waals surface area contributed by atoms with Crippen LogP contribution in [0.5, 0.6) is 0 Å². The third-order valence-corrected chi connectivity index (χ3v) is 6.18. The van der Waals surface area contributed by atoms with Gasteiger partial charge in [0.2, 0.25) is 15.9 Å². The summed E-state index contributed by atoms with van der Waals surface area (Å²) in [5.74, 6) is -4.76. The van der Waals surface area contributed by atoms with Crippen molar-refractivity contribution in [3.8, 4) is 6.07 Å². The van der Waals surface area contributed by atoms with Crippen LogP contribution in [-0.2, 0) is 25.3 Å². The number of esters is 1. The van der Waals surface area contributed by atoms with Crippen LogP contribution in [0.1, 0.15) is 34.1 Å². The van der Waals surface area contributed by atoms with Gasteiger partial charge < -0.3 is 9.64 Å². The molecule has 0 aliphatic carbocycles. The number of halogens is 2. The van der Waals surface area contributed by atoms with Gasteiger partial charge in [0.15, 0.2) is 11.6 Å². The highest BCUT2D eigenvalue weighted by atomic mass is 32.2. The van der Waals surface area contributed by atoms with Gasteiger partial charge in [0.1, 0.15) is 11.9 Å². The number of benzene rings is 1. The minimum atomic E-state index is -4.13. The third kappa shape index (κ3) is 5.43. The number of nitrogens with zero attached hydrogens (tertiary/aromatic N) is 3. The van der Waals surface area contributed by atoms with Crippen molar-refractivity contribution in [2.24, 2.45) is 5.92 Å². The van der Waals surface area contributed by atoms with Gasteiger partial charge in [0.05, 0.1) is 35.1 Å². The molecule has 1 amide bonds. The molecule has 174 valence electrons. The summed E-state index contributed by atoms with van der Waals surface area (Å²) in [6.45, 7) is 3.62. The summed E-state index contributed by atoms with van der Waals surface area (Å²) in [6.07, 6.45) is 0. The first kappa shape index (κ1) is 24.1. The molecule has 2 aromatic rings. The van der Waals surface area contributed by atoms with Crippen molar-refractivity contribution in [2.45, 2.75) is 19.6 Å². The van der Waals surface area contributed by atoms with Crippen molar-refractivity contribution >= 4 is 27.7 Å². The lowest BCUT2D eigenvalue weighted by atomic mass is 9.98. The average molecular weight is 478 g/mol. The van der Waals surface area contributed by atoms with Gasteiger partial charge in [0, 0.05) is 13.1 Å². The summed E-state index contributed by atoms with van der Waals surface area (Å²) in [5, 5.41) is 9.44. The maximum Gasteiger partial charge on any atom is 0.340 e. The Morgan fingerprint density at radius 1 is 1.27 bits per heavy atom. The molecule has 9 nitrogen and oxygen atoms in total. The number of anilines is 1. The molecule has 1 fully saturated rings. The molecule has 1 N–H and O–H groups in total. The first-order valence-corrected chi connectivity index (χ1v) is 11.5. The number of hydrogen-bond donors (Lipinski definition) is 1. The number of aryl methyl sites for hydroxylation is 1. The van der Waals surface area contributed by atoms with Crippen LogP contribution in [0.15, 0.2) is 24.3 Å². The van der Waals surface area contributed by atoms with Gasteiger partial charge in [-0.1, -0.05) is 6.07 Å². The average Bonchev–Trinajstić information content (AvgIpc) is 2.69. The van der Waals surface area contributed by atoms with E-state index in [0.717, 1.165) is 18.2 Å². The normalized spacial score (nSPS) is 13.7. The van der Waals surface area contributed by atoms with Gasteiger partial charge in [-0.05, 0) is 37.6 Å². The topological polar surface area (TPSA) is 129 Å². The van der Waals surface area contributed by atoms with E-state index in [-0.39, 0.29) is 42.2 Å². The molecule has 0 unspecified atom stereocenters. The Hall–Kier alpha value is -3.59. The summed E-state index contributed by atoms with van der Waals surface area (Å²) in [5.41, 5.74) is 0.623. The number of pyridine rings is 1. The predicted octanol–water partition coefficient (Wildman–Crippen LogP) is 1.80. The fraction of sp³-hybridized carbons (Fsp3) is 0.333. The monoisotopic (exact) mass is 478 g/mol. The number of amides is 1. The van der Waals surface area contributed by atoms with Crippen molar-refractivity contribution in [3.63, 3.8) is 0 Å². The van der Waals surface area contributed by atoms with Crippen LogP contribution < -0.4 is 9.62 Å². The van der Waals surface area contributed by atoms with Crippen molar-refractivity contribution in [2.75, 3.05) is 24.6 Å². The standard InChI is InChI=1S/C21H20F2N4O5S/c1-3-32-21(29)16-7-14(8-24)19(25-12(16)2)27-9-15(10-27)20(28)26-33(30,31)11-13-4-5-17(22)18(23)6-13/h4-7,15H,3,9-11H2,1-2H3,(H,26,28). The molecule has 1 aliphatic heterocycles. The van der Waals surface area contributed by atoms with E-state index in [1.54, 1.807) is 18.7 Å². The number of hydrogen-bond acceptors (Lipinski definition) is 8. The van der Waals surface area contributed by atoms with Crippen molar-refractivity contribution in [1.29, 1.82) is 5.26 Å². The second-order valence-corrected chi connectivity index (χ2v) is 9.12. The minimum Gasteiger partial charge on any atom is -0.462 e. The number of carbonyl (C=O) groups excluding carboxylic acids is 2. The number of rotatable bonds is 7. The largest absolute Gasteiger partial charge is 0.462 e. The number of nitrogens with one attached hydrogen (secondary N) is 1. The fourth-order valence-corrected chi connectivity index (χ4v) is 4.43. The molecular weight excluding hydrogens is 458 g/mol. The lowest BCUT2D eigenvalue weighted by Crippen LogP contribution is -2.55. The van der Waals surface area contributed by atoms with Crippen LogP contribution in [-0.4, -0.2) is 45.0 Å². The Morgan fingerprint density at radius 3 is 2.58 bits per heavy atom. The van der Waals surface area contributed by atoms with E-state index in [1.807, 2.05) is 10.8 Å². The smallest absolute Gasteiger partial charge is 0.340 e. The first-order valence-electron chi connectivity index (χ1n) is 9.86. The van der Waals surface area contributed by atoms with Crippen molar-refractivity contribution in [3.05, 3.63) is 58.3 Å². The quantitative estimate of drug-likeness (QED) is 0.597. The molecule has 2 heterocycles. The SMILES string of the molecule is CCOC(=O)c1cc(C#N)c(N2CC(C(=O)NS(=O)(=O)Cc3ccc(F)c(F)c3)C2)nc1C. The van der Waals surface area contributed by atoms with E-state index in [9.17, 15) is 32.0 Å². The van der Waals surface area contributed by atoms with Crippen molar-refractivity contribution in [1.82, 2.24) is 9.71 Å². The predicted molar refractivity (Wildman–Crippen MR) is 112 cm³/mol. The van der Waals surface area contributed by atoms with Gasteiger partial charge in [0.25, 0.3) is 0 Å². The fourth-order valence-electron chi connectivity index (χ4n) is 3.27. The minimum absolute atomic E-state index is 0.00976. The molecule has 3 rings (SSSR count). The highest BCUT2D eigenvalue weighted by Gasteiger charge is 2.36. The second-order valence-electron chi connectivity index (χ2n) is 7.40. The number of carbonyl (C=O) groups is 2. The second kappa shape index (κ2) is 9.50. The number of sulfonamides is 1. The van der Waals surface area contributed by atoms with Crippen LogP contribution in [0.2, 0.25) is 0 Å². The van der Waals surface area contributed by atoms with E-state index >= 15 is 0 Å². The Bertz CT molecular complexity index is 1250. The van der Waals surface area contributed by atoms with E-state index in [2.05, 4.69) is 4.98 Å².